The molecule has 0 saturated carbocycles. The monoisotopic (exact) mass is 420 g/mol. The van der Waals surface area contributed by atoms with Crippen molar-refractivity contribution in [2.24, 2.45) is 5.73 Å². The molecule has 0 saturated heterocycles. The zero-order valence-corrected chi connectivity index (χ0v) is 16.4. The molecule has 2 rings (SSSR count). The van der Waals surface area contributed by atoms with E-state index in [1.54, 1.807) is 6.07 Å². The number of benzene rings is 2. The SMILES string of the molecule is C\C(N)=C(/C=c1/cc(Nc2ccc(O)c(C(=O)O)c2)cc/c1=C(/C)O)S(=O)(=O)O. The van der Waals surface area contributed by atoms with Gasteiger partial charge in [-0.3, -0.25) is 4.55 Å². The minimum absolute atomic E-state index is 0.0926. The van der Waals surface area contributed by atoms with Gasteiger partial charge in [0.25, 0.3) is 10.1 Å². The average molecular weight is 420 g/mol. The highest BCUT2D eigenvalue weighted by Gasteiger charge is 2.14. The lowest BCUT2D eigenvalue weighted by Crippen LogP contribution is -2.28. The third-order valence-corrected chi connectivity index (χ3v) is 4.91. The Morgan fingerprint density at radius 2 is 1.66 bits per heavy atom. The minimum atomic E-state index is -4.60. The number of carboxylic acids is 1. The van der Waals surface area contributed by atoms with Gasteiger partial charge in [-0.1, -0.05) is 0 Å². The van der Waals surface area contributed by atoms with Gasteiger partial charge in [0.1, 0.15) is 16.2 Å². The molecule has 0 bridgehead atoms. The molecule has 0 spiro atoms. The number of carboxylic acid groups (broad SMARTS) is 1. The Balaban J connectivity index is 2.65. The predicted octanol–water partition coefficient (Wildman–Crippen LogP) is 1.38. The third-order valence-electron chi connectivity index (χ3n) is 3.91. The van der Waals surface area contributed by atoms with Crippen LogP contribution >= 0.6 is 0 Å². The fourth-order valence-electron chi connectivity index (χ4n) is 2.57. The van der Waals surface area contributed by atoms with E-state index in [0.717, 1.165) is 6.08 Å². The molecule has 0 aliphatic carbocycles. The lowest BCUT2D eigenvalue weighted by Gasteiger charge is -2.09. The number of phenols is 1. The molecule has 2 aromatic rings. The number of allylic oxidation sites excluding steroid dienone is 2. The van der Waals surface area contributed by atoms with E-state index >= 15 is 0 Å². The maximum atomic E-state index is 11.6. The summed E-state index contributed by atoms with van der Waals surface area (Å²) in [5.74, 6) is -1.79. The van der Waals surface area contributed by atoms with E-state index < -0.39 is 21.0 Å². The molecular weight excluding hydrogens is 400 g/mol. The van der Waals surface area contributed by atoms with Crippen LogP contribution in [0.5, 0.6) is 5.75 Å². The van der Waals surface area contributed by atoms with Crippen LogP contribution in [0.2, 0.25) is 0 Å². The largest absolute Gasteiger partial charge is 0.512 e. The van der Waals surface area contributed by atoms with Crippen molar-refractivity contribution in [1.29, 1.82) is 0 Å². The molecule has 0 aliphatic rings. The van der Waals surface area contributed by atoms with Gasteiger partial charge in [0, 0.05) is 22.3 Å². The standard InChI is InChI=1S/C19H20N2O7S/c1-10(20)18(29(26,27)28)8-12-7-13(3-5-15(12)11(2)22)21-14-4-6-17(23)16(9-14)19(24)25/h3-9,21-23H,20H2,1-2H3,(H,24,25)(H,26,27,28)/b12-8-,15-11+,18-10-. The first kappa shape index (κ1) is 21.8. The molecule has 29 heavy (non-hydrogen) atoms. The van der Waals surface area contributed by atoms with Crippen molar-refractivity contribution in [1.82, 2.24) is 0 Å². The Bertz CT molecular complexity index is 1220. The van der Waals surface area contributed by atoms with Crippen molar-refractivity contribution >= 4 is 39.3 Å². The normalized spacial score (nSPS) is 14.2. The molecule has 0 radical (unpaired) electrons. The molecule has 0 atom stereocenters. The molecule has 0 fully saturated rings. The second kappa shape index (κ2) is 8.25. The first-order valence-electron chi connectivity index (χ1n) is 8.19. The minimum Gasteiger partial charge on any atom is -0.512 e. The predicted molar refractivity (Wildman–Crippen MR) is 109 cm³/mol. The molecule has 0 aromatic heterocycles. The van der Waals surface area contributed by atoms with Crippen LogP contribution in [0.25, 0.3) is 11.8 Å². The van der Waals surface area contributed by atoms with Crippen molar-refractivity contribution in [3.8, 4) is 5.75 Å². The van der Waals surface area contributed by atoms with Crippen LogP contribution in [0.3, 0.4) is 0 Å². The molecule has 0 unspecified atom stereocenters. The number of aromatic hydroxyl groups is 1. The number of nitrogens with two attached hydrogens (primary N) is 1. The Kier molecular flexibility index (Phi) is 6.20. The summed E-state index contributed by atoms with van der Waals surface area (Å²) in [6.45, 7) is 2.71. The number of aliphatic hydroxyl groups is 1. The highest BCUT2D eigenvalue weighted by atomic mass is 32.2. The van der Waals surface area contributed by atoms with Gasteiger partial charge in [-0.05, 0) is 61.5 Å². The first-order valence-corrected chi connectivity index (χ1v) is 9.63. The smallest absolute Gasteiger partial charge is 0.339 e. The lowest BCUT2D eigenvalue weighted by atomic mass is 10.1. The van der Waals surface area contributed by atoms with Crippen molar-refractivity contribution in [2.75, 3.05) is 5.32 Å². The highest BCUT2D eigenvalue weighted by molar-refractivity contribution is 7.90. The number of carbonyl (C=O) groups is 1. The van der Waals surface area contributed by atoms with Gasteiger partial charge in [0.15, 0.2) is 0 Å². The maximum absolute atomic E-state index is 11.6. The maximum Gasteiger partial charge on any atom is 0.339 e. The van der Waals surface area contributed by atoms with Crippen LogP contribution in [-0.2, 0) is 10.1 Å². The van der Waals surface area contributed by atoms with E-state index in [1.807, 2.05) is 0 Å². The highest BCUT2D eigenvalue weighted by Crippen LogP contribution is 2.23. The van der Waals surface area contributed by atoms with E-state index in [0.29, 0.717) is 16.6 Å². The van der Waals surface area contributed by atoms with Crippen molar-refractivity contribution in [2.45, 2.75) is 13.8 Å². The average Bonchev–Trinajstić information content (AvgIpc) is 2.59. The van der Waals surface area contributed by atoms with Crippen molar-refractivity contribution in [3.05, 3.63) is 63.0 Å². The molecule has 154 valence electrons. The topological polar surface area (TPSA) is 170 Å². The zero-order chi connectivity index (χ0) is 21.9. The van der Waals surface area contributed by atoms with Gasteiger partial charge in [-0.15, -0.1) is 0 Å². The number of aliphatic hydroxyl groups excluding tert-OH is 1. The fraction of sp³-hybridized carbons (Fsp3) is 0.105. The lowest BCUT2D eigenvalue weighted by molar-refractivity contribution is 0.0693. The van der Waals surface area contributed by atoms with Crippen LogP contribution in [0, 0.1) is 0 Å². The summed E-state index contributed by atoms with van der Waals surface area (Å²) < 4.78 is 32.6. The van der Waals surface area contributed by atoms with Crippen LogP contribution in [0.15, 0.2) is 47.0 Å². The van der Waals surface area contributed by atoms with E-state index in [-0.39, 0.29) is 28.0 Å². The summed E-state index contributed by atoms with van der Waals surface area (Å²) in [5, 5.41) is 32.1. The van der Waals surface area contributed by atoms with Crippen LogP contribution in [-0.4, -0.2) is 34.3 Å². The second-order valence-electron chi connectivity index (χ2n) is 6.22. The number of aromatic carboxylic acids is 1. The Morgan fingerprint density at radius 3 is 2.17 bits per heavy atom. The first-order chi connectivity index (χ1) is 13.4. The number of rotatable bonds is 5. The van der Waals surface area contributed by atoms with Gasteiger partial charge in [0.05, 0.1) is 5.76 Å². The van der Waals surface area contributed by atoms with Crippen molar-refractivity contribution in [3.63, 3.8) is 0 Å². The van der Waals surface area contributed by atoms with Crippen LogP contribution in [0.4, 0.5) is 11.4 Å². The summed E-state index contributed by atoms with van der Waals surface area (Å²) >= 11 is 0. The van der Waals surface area contributed by atoms with Gasteiger partial charge < -0.3 is 26.4 Å². The molecule has 10 heteroatoms. The van der Waals surface area contributed by atoms with Crippen LogP contribution in [0.1, 0.15) is 24.2 Å². The molecule has 0 aliphatic heterocycles. The number of anilines is 2. The van der Waals surface area contributed by atoms with Gasteiger partial charge in [0.2, 0.25) is 0 Å². The van der Waals surface area contributed by atoms with Crippen molar-refractivity contribution < 1.29 is 33.1 Å². The molecular formula is C19H20N2O7S. The summed E-state index contributed by atoms with van der Waals surface area (Å²) in [7, 11) is -4.60. The number of hydrogen-bond donors (Lipinski definition) is 6. The molecule has 9 nitrogen and oxygen atoms in total. The van der Waals surface area contributed by atoms with Gasteiger partial charge >= 0.3 is 5.97 Å². The fourth-order valence-corrected chi connectivity index (χ4v) is 3.26. The van der Waals surface area contributed by atoms with E-state index in [2.05, 4.69) is 5.32 Å². The zero-order valence-electron chi connectivity index (χ0n) is 15.5. The summed E-state index contributed by atoms with van der Waals surface area (Å²) in [5.41, 5.74) is 5.90. The second-order valence-corrected chi connectivity index (χ2v) is 7.61. The number of hydrogen-bond acceptors (Lipinski definition) is 7. The Hall–Kier alpha value is -3.50. The molecule has 7 N–H and O–H groups in total. The third kappa shape index (κ3) is 5.27. The molecule has 0 heterocycles. The molecule has 2 aromatic carbocycles. The van der Waals surface area contributed by atoms with Gasteiger partial charge in [-0.2, -0.15) is 8.42 Å². The van der Waals surface area contributed by atoms with E-state index in [4.69, 9.17) is 10.8 Å². The van der Waals surface area contributed by atoms with Crippen LogP contribution < -0.4 is 21.5 Å². The summed E-state index contributed by atoms with van der Waals surface area (Å²) in [6.07, 6.45) is 1.12. The van der Waals surface area contributed by atoms with E-state index in [1.165, 1.54) is 44.2 Å². The summed E-state index contributed by atoms with van der Waals surface area (Å²) in [4.78, 5) is 10.6. The quantitative estimate of drug-likeness (QED) is 0.309. The number of nitrogens with one attached hydrogen (secondary N) is 1. The van der Waals surface area contributed by atoms with E-state index in [9.17, 15) is 28.0 Å². The summed E-state index contributed by atoms with van der Waals surface area (Å²) in [6, 6.07) is 8.47. The Labute approximate surface area is 166 Å². The molecule has 0 amide bonds. The van der Waals surface area contributed by atoms with Gasteiger partial charge in [-0.25, -0.2) is 4.79 Å². The Morgan fingerprint density at radius 1 is 1.07 bits per heavy atom.